The summed E-state index contributed by atoms with van der Waals surface area (Å²) in [6.45, 7) is 4.00. The van der Waals surface area contributed by atoms with Gasteiger partial charge in [-0.15, -0.1) is 0 Å². The molecule has 84 heavy (non-hydrogen) atoms. The molecule has 16 rings (SSSR count). The predicted octanol–water partition coefficient (Wildman–Crippen LogP) is 15.1. The van der Waals surface area contributed by atoms with Crippen LogP contribution in [0.25, 0.3) is 143 Å². The zero-order valence-electron chi connectivity index (χ0n) is 45.4. The van der Waals surface area contributed by atoms with Gasteiger partial charge < -0.3 is 0 Å². The molecule has 7 heterocycles. The van der Waals surface area contributed by atoms with E-state index in [1.165, 1.54) is 16.8 Å². The molecule has 7 aromatic heterocycles. The molecular formula is C73H47N7O4. The smallest absolute Gasteiger partial charge is 0.268 e. The molecule has 0 N–H and O–H groups in total. The quantitative estimate of drug-likeness (QED) is 0.117. The highest BCUT2D eigenvalue weighted by Gasteiger charge is 2.23. The van der Waals surface area contributed by atoms with Crippen LogP contribution in [0.3, 0.4) is 0 Å². The van der Waals surface area contributed by atoms with Gasteiger partial charge in [-0.2, -0.15) is 0 Å². The third kappa shape index (κ3) is 8.49. The Hall–Kier alpha value is -11.4. The minimum atomic E-state index is -0.520. The van der Waals surface area contributed by atoms with Crippen LogP contribution in [0.15, 0.2) is 269 Å². The Balaban J connectivity index is 0.000000145. The van der Waals surface area contributed by atoms with Crippen molar-refractivity contribution in [2.75, 3.05) is 0 Å². The Kier molecular flexibility index (Phi) is 12.6. The van der Waals surface area contributed by atoms with E-state index in [4.69, 9.17) is 0 Å². The first-order valence-electron chi connectivity index (χ1n) is 27.7. The third-order valence-electron chi connectivity index (χ3n) is 15.5. The van der Waals surface area contributed by atoms with Crippen LogP contribution < -0.4 is 22.2 Å². The van der Waals surface area contributed by atoms with Gasteiger partial charge in [-0.3, -0.25) is 34.1 Å². The molecule has 0 spiro atoms. The monoisotopic (exact) mass is 1090 g/mol. The largest absolute Gasteiger partial charge is 0.286 e. The van der Waals surface area contributed by atoms with Crippen LogP contribution in [0.4, 0.5) is 0 Å². The maximum Gasteiger partial charge on any atom is 0.286 e. The lowest BCUT2D eigenvalue weighted by molar-refractivity contribution is 1.06. The van der Waals surface area contributed by atoms with Crippen LogP contribution in [0.5, 0.6) is 0 Å². The van der Waals surface area contributed by atoms with Crippen molar-refractivity contribution in [3.63, 3.8) is 0 Å². The van der Waals surface area contributed by atoms with Gasteiger partial charge in [-0.1, -0.05) is 153 Å². The number of nitrogens with zero attached hydrogens (tertiary/aromatic N) is 7. The summed E-state index contributed by atoms with van der Waals surface area (Å²) in [6.07, 6.45) is 9.30. The molecule has 0 aliphatic carbocycles. The Labute approximate surface area is 479 Å². The fraction of sp³-hybridized carbons (Fsp3) is 0.0274. The second-order valence-corrected chi connectivity index (χ2v) is 20.3. The number of benzene rings is 9. The highest BCUT2D eigenvalue weighted by atomic mass is 16.2. The van der Waals surface area contributed by atoms with Gasteiger partial charge in [0.2, 0.25) is 0 Å². The van der Waals surface area contributed by atoms with E-state index in [1.807, 2.05) is 98.8 Å². The molecule has 0 aliphatic heterocycles. The average Bonchev–Trinajstić information content (AvgIpc) is 1.12. The molecule has 11 nitrogen and oxygen atoms in total. The van der Waals surface area contributed by atoms with Crippen LogP contribution in [0, 0.1) is 0 Å². The highest BCUT2D eigenvalue weighted by Crippen LogP contribution is 2.40. The number of hydrogen-bond acceptors (Lipinski definition) is 9. The molecular weight excluding hydrogens is 1040 g/mol. The lowest BCUT2D eigenvalue weighted by Gasteiger charge is -2.16. The van der Waals surface area contributed by atoms with Crippen molar-refractivity contribution >= 4 is 76.2 Å². The average molecular weight is 1090 g/mol. The fourth-order valence-corrected chi connectivity index (χ4v) is 11.8. The lowest BCUT2D eigenvalue weighted by atomic mass is 9.91. The molecule has 0 fully saturated rings. The minimum absolute atomic E-state index is 0.131. The molecule has 11 heteroatoms. The number of rotatable bonds is 6. The second-order valence-electron chi connectivity index (χ2n) is 20.3. The van der Waals surface area contributed by atoms with E-state index in [0.29, 0.717) is 43.6 Å². The summed E-state index contributed by atoms with van der Waals surface area (Å²) in [7, 11) is 0. The molecule has 0 bridgehead atoms. The standard InChI is InChI=1S/C37H22N2O2.C34H19N5O2.C2H6/c40-36-31-14-8-7-13-29(31)32-20-28(21-33-30-15-16-38-22-34(30)37(41)39(36)35(32)33)27-18-25(23-9-3-1-4-10-23)17-26(19-27)24-11-5-2-6-12-24;40-33-30-28(35-11-13-37-30)26-18-25(19-27-29-31(38-14-12-36-29)34(41)39(33)32(26)27)24-16-22(20-7-3-1-4-8-20)15-23(17-24)21-9-5-2-6-10-21;1-2/h1-22H;1-19H;1-2H3. The number of hydrogen-bond donors (Lipinski definition) is 0. The van der Waals surface area contributed by atoms with Crippen molar-refractivity contribution in [2.45, 2.75) is 13.8 Å². The molecule has 0 amide bonds. The predicted molar refractivity (Wildman–Crippen MR) is 340 cm³/mol. The van der Waals surface area contributed by atoms with Crippen LogP contribution in [0.2, 0.25) is 0 Å². The molecule has 0 radical (unpaired) electrons. The normalized spacial score (nSPS) is 11.4. The van der Waals surface area contributed by atoms with Gasteiger partial charge in [-0.25, -0.2) is 18.8 Å². The van der Waals surface area contributed by atoms with E-state index in [2.05, 4.69) is 146 Å². The van der Waals surface area contributed by atoms with Gasteiger partial charge >= 0.3 is 0 Å². The van der Waals surface area contributed by atoms with Crippen LogP contribution in [0.1, 0.15) is 13.8 Å². The second kappa shape index (κ2) is 20.9. The van der Waals surface area contributed by atoms with Crippen molar-refractivity contribution in [3.8, 4) is 66.8 Å². The number of pyridine rings is 5. The Bertz CT molecular complexity index is 4830. The van der Waals surface area contributed by atoms with Gasteiger partial charge in [0.1, 0.15) is 11.0 Å². The van der Waals surface area contributed by atoms with E-state index >= 15 is 0 Å². The summed E-state index contributed by atoms with van der Waals surface area (Å²) in [5, 5.41) is 5.59. The van der Waals surface area contributed by atoms with E-state index < -0.39 is 11.1 Å². The first-order chi connectivity index (χ1) is 41.3. The van der Waals surface area contributed by atoms with Gasteiger partial charge in [0.25, 0.3) is 22.2 Å². The van der Waals surface area contributed by atoms with E-state index in [1.54, 1.807) is 30.9 Å². The molecule has 0 saturated carbocycles. The van der Waals surface area contributed by atoms with Gasteiger partial charge in [0.05, 0.1) is 16.4 Å². The Morgan fingerprint density at radius 3 is 0.964 bits per heavy atom. The summed E-state index contributed by atoms with van der Waals surface area (Å²) >= 11 is 0. The number of aromatic nitrogens is 7. The molecule has 16 aromatic rings. The van der Waals surface area contributed by atoms with Gasteiger partial charge in [0, 0.05) is 64.1 Å². The molecule has 0 unspecified atom stereocenters. The Morgan fingerprint density at radius 1 is 0.250 bits per heavy atom. The van der Waals surface area contributed by atoms with Crippen molar-refractivity contribution in [3.05, 3.63) is 291 Å². The first kappa shape index (κ1) is 50.8. The molecule has 398 valence electrons. The van der Waals surface area contributed by atoms with E-state index in [-0.39, 0.29) is 22.2 Å². The van der Waals surface area contributed by atoms with Crippen molar-refractivity contribution < 1.29 is 0 Å². The molecule has 9 aromatic carbocycles. The van der Waals surface area contributed by atoms with Crippen molar-refractivity contribution in [1.29, 1.82) is 0 Å². The fourth-order valence-electron chi connectivity index (χ4n) is 11.8. The summed E-state index contributed by atoms with van der Waals surface area (Å²) < 4.78 is 2.49. The summed E-state index contributed by atoms with van der Waals surface area (Å²) in [5.41, 5.74) is 13.3. The zero-order chi connectivity index (χ0) is 57.0. The summed E-state index contributed by atoms with van der Waals surface area (Å²) in [6, 6.07) is 72.0. The number of fused-ring (bicyclic) bond motifs is 8. The molecule has 0 saturated heterocycles. The van der Waals surface area contributed by atoms with Crippen molar-refractivity contribution in [1.82, 2.24) is 33.7 Å². The van der Waals surface area contributed by atoms with E-state index in [0.717, 1.165) is 92.7 Å². The molecule has 0 atom stereocenters. The van der Waals surface area contributed by atoms with Crippen LogP contribution in [-0.2, 0) is 0 Å². The van der Waals surface area contributed by atoms with Gasteiger partial charge in [0.15, 0.2) is 11.0 Å². The third-order valence-corrected chi connectivity index (χ3v) is 15.5. The van der Waals surface area contributed by atoms with Crippen LogP contribution in [-0.4, -0.2) is 33.7 Å². The highest BCUT2D eigenvalue weighted by molar-refractivity contribution is 6.20. The first-order valence-corrected chi connectivity index (χ1v) is 27.7. The summed E-state index contributed by atoms with van der Waals surface area (Å²) in [4.78, 5) is 76.3. The van der Waals surface area contributed by atoms with Crippen molar-refractivity contribution in [2.24, 2.45) is 0 Å². The maximum absolute atomic E-state index is 13.7. The topological polar surface area (TPSA) is 142 Å². The SMILES string of the molecule is CC.O=c1c2ccccc2c2cc(-c3cc(-c4ccccc4)cc(-c4ccccc4)c3)cc3c4ccncc4c(=O)n1c23.O=c1c2nccnc2c2cc(-c3cc(-c4ccccc4)cc(-c4ccccc4)c3)cc3c4nccnc4c(=O)n1c23. The summed E-state index contributed by atoms with van der Waals surface area (Å²) in [5.74, 6) is 0. The zero-order valence-corrected chi connectivity index (χ0v) is 45.4. The van der Waals surface area contributed by atoms with E-state index in [9.17, 15) is 19.2 Å². The Morgan fingerprint density at radius 2 is 0.548 bits per heavy atom. The molecule has 0 aliphatic rings. The van der Waals surface area contributed by atoms with Gasteiger partial charge in [-0.05, 0) is 150 Å². The lowest BCUT2D eigenvalue weighted by Crippen LogP contribution is -2.28. The minimum Gasteiger partial charge on any atom is -0.268 e. The van der Waals surface area contributed by atoms with Crippen LogP contribution >= 0.6 is 0 Å². The maximum atomic E-state index is 13.7.